The van der Waals surface area contributed by atoms with Crippen molar-refractivity contribution in [3.8, 4) is 11.1 Å². The Balaban J connectivity index is 1.33. The second-order valence-electron chi connectivity index (χ2n) is 13.3. The number of nitrogens with one attached hydrogen (secondary N) is 2. The number of pyridine rings is 1. The number of carbonyl (C=O) groups excluding carboxylic acids is 2. The van der Waals surface area contributed by atoms with Crippen LogP contribution in [-0.2, 0) is 29.2 Å². The van der Waals surface area contributed by atoms with Gasteiger partial charge in [-0.15, -0.1) is 0 Å². The molecule has 3 aromatic rings. The van der Waals surface area contributed by atoms with Crippen molar-refractivity contribution in [2.45, 2.75) is 65.3 Å². The number of nitrogens with zero attached hydrogens (tertiary/aromatic N) is 5. The molecule has 3 heterocycles. The van der Waals surface area contributed by atoms with E-state index < -0.39 is 22.0 Å². The van der Waals surface area contributed by atoms with Crippen LogP contribution in [0.25, 0.3) is 11.1 Å². The van der Waals surface area contributed by atoms with Crippen molar-refractivity contribution in [3.63, 3.8) is 0 Å². The van der Waals surface area contributed by atoms with Gasteiger partial charge >= 0.3 is 0 Å². The van der Waals surface area contributed by atoms with Crippen LogP contribution in [0.1, 0.15) is 54.5 Å². The van der Waals surface area contributed by atoms with Gasteiger partial charge in [-0.05, 0) is 100 Å². The molecule has 0 aliphatic heterocycles. The van der Waals surface area contributed by atoms with Crippen LogP contribution in [-0.4, -0.2) is 85.5 Å². The van der Waals surface area contributed by atoms with Gasteiger partial charge < -0.3 is 15.4 Å². The maximum Gasteiger partial charge on any atom is 0.270 e. The lowest BCUT2D eigenvalue weighted by atomic mass is 9.88. The number of carbonyl (C=O) groups is 2. The Hall–Kier alpha value is -2.90. The summed E-state index contributed by atoms with van der Waals surface area (Å²) >= 11 is 1.67. The van der Waals surface area contributed by atoms with E-state index in [1.807, 2.05) is 20.1 Å². The molecule has 0 aromatic carbocycles. The summed E-state index contributed by atoms with van der Waals surface area (Å²) < 4.78 is 25.1. The third-order valence-corrected chi connectivity index (χ3v) is 10.7. The van der Waals surface area contributed by atoms with Crippen molar-refractivity contribution < 1.29 is 18.7 Å². The van der Waals surface area contributed by atoms with Gasteiger partial charge in [0.2, 0.25) is 11.9 Å². The number of halogens is 1. The highest BCUT2D eigenvalue weighted by atomic mass is 32.3. The first kappa shape index (κ1) is 34.4. The van der Waals surface area contributed by atoms with Gasteiger partial charge in [-0.25, -0.2) is 19.7 Å². The zero-order valence-electron chi connectivity index (χ0n) is 27.8. The van der Waals surface area contributed by atoms with E-state index in [-0.39, 0.29) is 23.6 Å². The maximum absolute atomic E-state index is 15.7. The number of hydrogen-bond acceptors (Lipinski definition) is 7. The van der Waals surface area contributed by atoms with Crippen molar-refractivity contribution >= 4 is 39.4 Å². The van der Waals surface area contributed by atoms with E-state index in [0.717, 1.165) is 42.9 Å². The molecule has 0 spiro atoms. The SMILES string of the molecule is CCc1c(-c2ccc(NC(=O)[C@@H](NC(=O)c3ccnn3CCSC)C(C3CC3)C3CC3)nc2F)c(C)nn1COCCS(C)(C)C. The molecule has 2 amide bonds. The van der Waals surface area contributed by atoms with Crippen molar-refractivity contribution in [2.75, 3.05) is 48.5 Å². The second-order valence-corrected chi connectivity index (χ2v) is 18.8. The summed E-state index contributed by atoms with van der Waals surface area (Å²) in [6.07, 6.45) is 15.2. The molecule has 252 valence electrons. The third kappa shape index (κ3) is 8.51. The third-order valence-electron chi connectivity index (χ3n) is 8.73. The van der Waals surface area contributed by atoms with Gasteiger partial charge in [0, 0.05) is 34.5 Å². The van der Waals surface area contributed by atoms with Crippen LogP contribution in [0.15, 0.2) is 24.4 Å². The van der Waals surface area contributed by atoms with E-state index >= 15 is 4.39 Å². The molecule has 0 bridgehead atoms. The number of rotatable bonds is 17. The Morgan fingerprint density at radius 2 is 1.85 bits per heavy atom. The van der Waals surface area contributed by atoms with Crippen LogP contribution >= 0.6 is 21.8 Å². The molecule has 2 aliphatic carbocycles. The van der Waals surface area contributed by atoms with Crippen molar-refractivity contribution in [1.82, 2.24) is 29.9 Å². The Morgan fingerprint density at radius 3 is 2.46 bits per heavy atom. The summed E-state index contributed by atoms with van der Waals surface area (Å²) in [7, 11) is -0.660. The predicted octanol–water partition coefficient (Wildman–Crippen LogP) is 5.36. The summed E-state index contributed by atoms with van der Waals surface area (Å²) in [5, 5.41) is 14.8. The van der Waals surface area contributed by atoms with E-state index in [1.54, 1.807) is 45.5 Å². The van der Waals surface area contributed by atoms with Crippen molar-refractivity contribution in [3.05, 3.63) is 47.4 Å². The number of hydrogen-bond donors (Lipinski definition) is 2. The minimum absolute atomic E-state index is 0.0308. The molecule has 0 radical (unpaired) electrons. The molecule has 13 heteroatoms. The van der Waals surface area contributed by atoms with Gasteiger partial charge in [0.25, 0.3) is 5.91 Å². The minimum atomic E-state index is -0.756. The van der Waals surface area contributed by atoms with E-state index in [4.69, 9.17) is 4.74 Å². The summed E-state index contributed by atoms with van der Waals surface area (Å²) in [5.74, 6) is 1.35. The maximum atomic E-state index is 15.7. The molecule has 10 nitrogen and oxygen atoms in total. The average Bonchev–Trinajstić information content (AvgIpc) is 3.94. The highest BCUT2D eigenvalue weighted by Crippen LogP contribution is 2.51. The van der Waals surface area contributed by atoms with Crippen LogP contribution < -0.4 is 10.6 Å². The fourth-order valence-corrected chi connectivity index (χ4v) is 7.10. The van der Waals surface area contributed by atoms with Gasteiger partial charge in [0.1, 0.15) is 24.3 Å². The summed E-state index contributed by atoms with van der Waals surface area (Å²) in [6, 6.07) is 4.19. The lowest BCUT2D eigenvalue weighted by Gasteiger charge is -2.27. The molecule has 2 fully saturated rings. The first-order valence-electron chi connectivity index (χ1n) is 16.1. The number of anilines is 1. The lowest BCUT2D eigenvalue weighted by Crippen LogP contribution is -2.50. The van der Waals surface area contributed by atoms with Gasteiger partial charge in [-0.2, -0.15) is 26.3 Å². The summed E-state index contributed by atoms with van der Waals surface area (Å²) in [4.78, 5) is 31.5. The fourth-order valence-electron chi connectivity index (χ4n) is 6.12. The number of aryl methyl sites for hydroxylation is 2. The van der Waals surface area contributed by atoms with E-state index in [1.165, 1.54) is 0 Å². The highest BCUT2D eigenvalue weighted by Gasteiger charge is 2.48. The molecule has 46 heavy (non-hydrogen) atoms. The molecule has 2 N–H and O–H groups in total. The molecular formula is C33H48FN7O3S2. The van der Waals surface area contributed by atoms with Crippen LogP contribution in [0.3, 0.4) is 0 Å². The first-order chi connectivity index (χ1) is 22.0. The number of ether oxygens (including phenoxy) is 1. The standard InChI is InChI=1S/C33H48FN7O3S2/c1-7-25-28(21(2)39-41(25)20-44-17-19-46(4,5)6)24-12-13-27(36-31(24)34)37-33(43)30(29(22-8-9-22)23-10-11-23)38-32(42)26-14-15-35-40(26)16-18-45-3/h12-15,22-23,29-30H,7-11,16-20H2,1-6H3,(H,38,42)(H,36,37,43)/t30-/m0/s1. The Morgan fingerprint density at radius 1 is 1.13 bits per heavy atom. The zero-order chi connectivity index (χ0) is 33.0. The second kappa shape index (κ2) is 14.9. The number of amides is 2. The smallest absolute Gasteiger partial charge is 0.270 e. The first-order valence-corrected chi connectivity index (χ1v) is 20.5. The molecule has 3 aromatic heterocycles. The monoisotopic (exact) mass is 673 g/mol. The van der Waals surface area contributed by atoms with Gasteiger partial charge in [0.05, 0.1) is 18.8 Å². The normalized spacial score (nSPS) is 16.1. The van der Waals surface area contributed by atoms with E-state index in [2.05, 4.69) is 44.6 Å². The molecule has 5 rings (SSSR count). The van der Waals surface area contributed by atoms with Gasteiger partial charge in [-0.3, -0.25) is 14.3 Å². The molecule has 2 aliphatic rings. The summed E-state index contributed by atoms with van der Waals surface area (Å²) in [6.45, 7) is 5.41. The largest absolute Gasteiger partial charge is 0.358 e. The van der Waals surface area contributed by atoms with E-state index in [0.29, 0.717) is 60.7 Å². The van der Waals surface area contributed by atoms with Gasteiger partial charge in [0.15, 0.2) is 0 Å². The molecular weight excluding hydrogens is 626 g/mol. The predicted molar refractivity (Wildman–Crippen MR) is 185 cm³/mol. The highest BCUT2D eigenvalue weighted by molar-refractivity contribution is 8.32. The molecule has 2 saturated carbocycles. The van der Waals surface area contributed by atoms with Crippen LogP contribution in [0.5, 0.6) is 0 Å². The zero-order valence-corrected chi connectivity index (χ0v) is 29.5. The average molecular weight is 674 g/mol. The summed E-state index contributed by atoms with van der Waals surface area (Å²) in [5.41, 5.74) is 3.01. The Kier molecular flexibility index (Phi) is 11.1. The van der Waals surface area contributed by atoms with Crippen LogP contribution in [0.4, 0.5) is 10.2 Å². The topological polar surface area (TPSA) is 116 Å². The van der Waals surface area contributed by atoms with Gasteiger partial charge in [-0.1, -0.05) is 6.92 Å². The van der Waals surface area contributed by atoms with Crippen molar-refractivity contribution in [2.24, 2.45) is 17.8 Å². The molecule has 0 unspecified atom stereocenters. The number of thioether (sulfide) groups is 1. The fraction of sp³-hybridized carbons (Fsp3) is 0.606. The van der Waals surface area contributed by atoms with E-state index in [9.17, 15) is 9.59 Å². The Bertz CT molecular complexity index is 1520. The van der Waals surface area contributed by atoms with Crippen molar-refractivity contribution in [1.29, 1.82) is 0 Å². The quantitative estimate of drug-likeness (QED) is 0.147. The van der Waals surface area contributed by atoms with Crippen LogP contribution in [0, 0.1) is 30.6 Å². The van der Waals surface area contributed by atoms with Crippen LogP contribution in [0.2, 0.25) is 0 Å². The molecule has 1 atom stereocenters. The lowest BCUT2D eigenvalue weighted by molar-refractivity contribution is -0.119. The molecule has 0 saturated heterocycles. The Labute approximate surface area is 277 Å². The minimum Gasteiger partial charge on any atom is -0.358 e. The number of aromatic nitrogens is 5.